The Hall–Kier alpha value is -1.87. The van der Waals surface area contributed by atoms with Crippen molar-refractivity contribution in [3.63, 3.8) is 0 Å². The summed E-state index contributed by atoms with van der Waals surface area (Å²) >= 11 is 6.13. The average Bonchev–Trinajstić information content (AvgIpc) is 3.06. The van der Waals surface area contributed by atoms with Gasteiger partial charge in [0.1, 0.15) is 0 Å². The van der Waals surface area contributed by atoms with Crippen LogP contribution < -0.4 is 5.32 Å². The normalized spacial score (nSPS) is 26.4. The van der Waals surface area contributed by atoms with E-state index in [1.807, 2.05) is 42.5 Å². The maximum absolute atomic E-state index is 12.7. The van der Waals surface area contributed by atoms with Crippen molar-refractivity contribution >= 4 is 17.5 Å². The number of halogens is 1. The van der Waals surface area contributed by atoms with Gasteiger partial charge in [-0.15, -0.1) is 0 Å². The van der Waals surface area contributed by atoms with E-state index in [4.69, 9.17) is 11.6 Å². The molecule has 0 aliphatic heterocycles. The summed E-state index contributed by atoms with van der Waals surface area (Å²) in [7, 11) is 0. The lowest BCUT2D eigenvalue weighted by Crippen LogP contribution is -2.32. The van der Waals surface area contributed by atoms with Crippen LogP contribution in [0.2, 0.25) is 5.02 Å². The van der Waals surface area contributed by atoms with E-state index in [1.165, 1.54) is 19.3 Å². The molecule has 4 heteroatoms. The number of carbonyl (C=O) groups excluding carboxylic acids is 1. The molecule has 1 aromatic carbocycles. The SMILES string of the molecule is O=C(N[C@@H](c1cccc(Cl)c1)c1ccccn1)C1[C@H]2CCC[C@@H]12. The molecule has 0 saturated heterocycles. The van der Waals surface area contributed by atoms with Gasteiger partial charge in [0.15, 0.2) is 0 Å². The second-order valence-electron chi connectivity index (χ2n) is 6.54. The van der Waals surface area contributed by atoms with Crippen molar-refractivity contribution in [2.45, 2.75) is 25.3 Å². The first kappa shape index (κ1) is 14.7. The van der Waals surface area contributed by atoms with Crippen LogP contribution in [0.4, 0.5) is 0 Å². The lowest BCUT2D eigenvalue weighted by molar-refractivity contribution is -0.123. The molecule has 4 rings (SSSR count). The van der Waals surface area contributed by atoms with E-state index in [1.54, 1.807) is 6.20 Å². The third-order valence-corrected chi connectivity index (χ3v) is 5.40. The molecule has 0 bridgehead atoms. The second kappa shape index (κ2) is 5.97. The van der Waals surface area contributed by atoms with E-state index in [9.17, 15) is 4.79 Å². The van der Waals surface area contributed by atoms with Crippen molar-refractivity contribution in [2.24, 2.45) is 17.8 Å². The van der Waals surface area contributed by atoms with Gasteiger partial charge >= 0.3 is 0 Å². The van der Waals surface area contributed by atoms with E-state index >= 15 is 0 Å². The Labute approximate surface area is 141 Å². The Kier molecular flexibility index (Phi) is 3.82. The monoisotopic (exact) mass is 326 g/mol. The third-order valence-electron chi connectivity index (χ3n) is 5.16. The molecule has 1 unspecified atom stereocenters. The van der Waals surface area contributed by atoms with Crippen molar-refractivity contribution in [1.29, 1.82) is 0 Å². The molecule has 1 aromatic heterocycles. The van der Waals surface area contributed by atoms with Crippen LogP contribution in [0.1, 0.15) is 36.6 Å². The Bertz CT molecular complexity index is 708. The molecule has 2 fully saturated rings. The Morgan fingerprint density at radius 2 is 2.00 bits per heavy atom. The predicted molar refractivity (Wildman–Crippen MR) is 90.0 cm³/mol. The lowest BCUT2D eigenvalue weighted by atomic mass is 10.0. The third kappa shape index (κ3) is 2.86. The minimum atomic E-state index is -0.247. The Morgan fingerprint density at radius 1 is 1.17 bits per heavy atom. The van der Waals surface area contributed by atoms with Crippen LogP contribution in [0.15, 0.2) is 48.7 Å². The quantitative estimate of drug-likeness (QED) is 0.923. The fourth-order valence-electron chi connectivity index (χ4n) is 4.01. The molecule has 1 N–H and O–H groups in total. The van der Waals surface area contributed by atoms with Gasteiger partial charge in [-0.05, 0) is 54.5 Å². The highest BCUT2D eigenvalue weighted by Crippen LogP contribution is 2.57. The first-order valence-corrected chi connectivity index (χ1v) is 8.58. The van der Waals surface area contributed by atoms with Gasteiger partial charge < -0.3 is 5.32 Å². The summed E-state index contributed by atoms with van der Waals surface area (Å²) in [5.74, 6) is 1.59. The molecule has 1 amide bonds. The van der Waals surface area contributed by atoms with Crippen LogP contribution in [0.3, 0.4) is 0 Å². The van der Waals surface area contributed by atoms with Crippen LogP contribution in [-0.2, 0) is 4.79 Å². The minimum absolute atomic E-state index is 0.162. The molecule has 0 radical (unpaired) electrons. The molecule has 2 aromatic rings. The van der Waals surface area contributed by atoms with E-state index in [0.29, 0.717) is 16.9 Å². The Morgan fingerprint density at radius 3 is 2.70 bits per heavy atom. The zero-order valence-electron chi connectivity index (χ0n) is 12.8. The number of amides is 1. The molecular weight excluding hydrogens is 308 g/mol. The summed E-state index contributed by atoms with van der Waals surface area (Å²) in [4.78, 5) is 17.1. The number of hydrogen-bond acceptors (Lipinski definition) is 2. The van der Waals surface area contributed by atoms with Crippen LogP contribution in [0.25, 0.3) is 0 Å². The molecular formula is C19H19ClN2O. The summed E-state index contributed by atoms with van der Waals surface area (Å²) in [6, 6.07) is 13.2. The highest BCUT2D eigenvalue weighted by molar-refractivity contribution is 6.30. The number of nitrogens with zero attached hydrogens (tertiary/aromatic N) is 1. The number of aromatic nitrogens is 1. The van der Waals surface area contributed by atoms with Gasteiger partial charge in [-0.3, -0.25) is 9.78 Å². The summed E-state index contributed by atoms with van der Waals surface area (Å²) in [6.07, 6.45) is 5.43. The van der Waals surface area contributed by atoms with E-state index in [0.717, 1.165) is 11.3 Å². The molecule has 1 heterocycles. The van der Waals surface area contributed by atoms with Gasteiger partial charge in [-0.25, -0.2) is 0 Å². The second-order valence-corrected chi connectivity index (χ2v) is 6.97. The summed E-state index contributed by atoms with van der Waals surface area (Å²) in [5.41, 5.74) is 1.81. The molecule has 2 aliphatic carbocycles. The zero-order chi connectivity index (χ0) is 15.8. The lowest BCUT2D eigenvalue weighted by Gasteiger charge is -2.19. The predicted octanol–water partition coefficient (Wildman–Crippen LogP) is 3.99. The maximum Gasteiger partial charge on any atom is 0.224 e. The number of pyridine rings is 1. The van der Waals surface area contributed by atoms with Gasteiger partial charge in [-0.1, -0.05) is 36.2 Å². The topological polar surface area (TPSA) is 42.0 Å². The molecule has 2 saturated carbocycles. The summed E-state index contributed by atoms with van der Waals surface area (Å²) in [6.45, 7) is 0. The highest BCUT2D eigenvalue weighted by atomic mass is 35.5. The van der Waals surface area contributed by atoms with Gasteiger partial charge in [0.2, 0.25) is 5.91 Å². The summed E-state index contributed by atoms with van der Waals surface area (Å²) in [5, 5.41) is 3.87. The number of rotatable bonds is 4. The fourth-order valence-corrected chi connectivity index (χ4v) is 4.21. The maximum atomic E-state index is 12.7. The smallest absolute Gasteiger partial charge is 0.224 e. The van der Waals surface area contributed by atoms with Crippen LogP contribution in [0, 0.1) is 17.8 Å². The van der Waals surface area contributed by atoms with Crippen LogP contribution >= 0.6 is 11.6 Å². The average molecular weight is 327 g/mol. The van der Waals surface area contributed by atoms with Crippen LogP contribution in [0.5, 0.6) is 0 Å². The highest BCUT2D eigenvalue weighted by Gasteiger charge is 2.56. The van der Waals surface area contributed by atoms with Crippen molar-refractivity contribution in [3.8, 4) is 0 Å². The number of benzene rings is 1. The number of hydrogen-bond donors (Lipinski definition) is 1. The minimum Gasteiger partial charge on any atom is -0.343 e. The molecule has 3 nitrogen and oxygen atoms in total. The van der Waals surface area contributed by atoms with Gasteiger partial charge in [0.05, 0.1) is 11.7 Å². The molecule has 23 heavy (non-hydrogen) atoms. The van der Waals surface area contributed by atoms with Gasteiger partial charge in [-0.2, -0.15) is 0 Å². The van der Waals surface area contributed by atoms with Crippen LogP contribution in [-0.4, -0.2) is 10.9 Å². The van der Waals surface area contributed by atoms with E-state index < -0.39 is 0 Å². The molecule has 4 atom stereocenters. The molecule has 0 spiro atoms. The van der Waals surface area contributed by atoms with Crippen molar-refractivity contribution < 1.29 is 4.79 Å². The van der Waals surface area contributed by atoms with Gasteiger partial charge in [0, 0.05) is 17.1 Å². The summed E-state index contributed by atoms with van der Waals surface area (Å²) < 4.78 is 0. The van der Waals surface area contributed by atoms with Crippen molar-refractivity contribution in [1.82, 2.24) is 10.3 Å². The number of carbonyl (C=O) groups is 1. The van der Waals surface area contributed by atoms with E-state index in [2.05, 4.69) is 10.3 Å². The molecule has 2 aliphatic rings. The Balaban J connectivity index is 1.59. The first-order valence-electron chi connectivity index (χ1n) is 8.21. The van der Waals surface area contributed by atoms with Crippen molar-refractivity contribution in [2.75, 3.05) is 0 Å². The van der Waals surface area contributed by atoms with Gasteiger partial charge in [0.25, 0.3) is 0 Å². The first-order chi connectivity index (χ1) is 11.2. The standard InChI is InChI=1S/C19H19ClN2O/c20-13-6-3-5-12(11-13)18(16-9-1-2-10-21-16)22-19(23)17-14-7-4-8-15(14)17/h1-3,5-6,9-11,14-15,17-18H,4,7-8H2,(H,22,23)/t14-,15+,17?,18-/m0/s1. The fraction of sp³-hybridized carbons (Fsp3) is 0.368. The van der Waals surface area contributed by atoms with E-state index in [-0.39, 0.29) is 17.9 Å². The largest absolute Gasteiger partial charge is 0.343 e. The molecule has 118 valence electrons. The van der Waals surface area contributed by atoms with Crippen molar-refractivity contribution in [3.05, 3.63) is 64.9 Å². The number of fused-ring (bicyclic) bond motifs is 1. The zero-order valence-corrected chi connectivity index (χ0v) is 13.5. The number of nitrogens with one attached hydrogen (secondary N) is 1.